The van der Waals surface area contributed by atoms with Crippen molar-refractivity contribution in [1.82, 2.24) is 4.90 Å². The molecule has 0 amide bonds. The van der Waals surface area contributed by atoms with Gasteiger partial charge in [-0.3, -0.25) is 5.41 Å². The van der Waals surface area contributed by atoms with Crippen LogP contribution >= 0.6 is 45.7 Å². The Balaban J connectivity index is -0.000000500. The van der Waals surface area contributed by atoms with Gasteiger partial charge in [-0.15, -0.1) is 34.0 Å². The Kier molecular flexibility index (Phi) is 18.9. The standard InChI is InChI=1S/C7H17N3S.2BrH/c1-3-10(2)5-4-6-11-7(8)9;;/h3-6H2,1-2H3,(H3,8,9);2*1H. The van der Waals surface area contributed by atoms with E-state index in [9.17, 15) is 0 Å². The average Bonchev–Trinajstić information content (AvgIpc) is 1.97. The minimum Gasteiger partial charge on any atom is -0.379 e. The zero-order valence-corrected chi connectivity index (χ0v) is 12.3. The van der Waals surface area contributed by atoms with Crippen molar-refractivity contribution in [3.8, 4) is 0 Å². The molecule has 82 valence electrons. The lowest BCUT2D eigenvalue weighted by Crippen LogP contribution is -2.19. The molecule has 0 heterocycles. The first-order chi connectivity index (χ1) is 5.16. The van der Waals surface area contributed by atoms with Crippen molar-refractivity contribution in [3.63, 3.8) is 0 Å². The number of thioether (sulfide) groups is 1. The van der Waals surface area contributed by atoms with Crippen molar-refractivity contribution < 1.29 is 0 Å². The molecule has 0 radical (unpaired) electrons. The highest BCUT2D eigenvalue weighted by Gasteiger charge is 1.94. The van der Waals surface area contributed by atoms with Crippen LogP contribution in [0, 0.1) is 5.41 Å². The predicted octanol–water partition coefficient (Wildman–Crippen LogP) is 2.11. The van der Waals surface area contributed by atoms with Crippen molar-refractivity contribution >= 4 is 50.9 Å². The Labute approximate surface area is 106 Å². The number of halogens is 2. The fraction of sp³-hybridized carbons (Fsp3) is 0.857. The zero-order valence-electron chi connectivity index (χ0n) is 8.08. The summed E-state index contributed by atoms with van der Waals surface area (Å²) in [6.07, 6.45) is 1.11. The van der Waals surface area contributed by atoms with Gasteiger partial charge >= 0.3 is 0 Å². The van der Waals surface area contributed by atoms with Crippen LogP contribution in [0.15, 0.2) is 0 Å². The monoisotopic (exact) mass is 335 g/mol. The quantitative estimate of drug-likeness (QED) is 0.459. The molecule has 0 aromatic rings. The summed E-state index contributed by atoms with van der Waals surface area (Å²) in [5, 5.41) is 7.18. The van der Waals surface area contributed by atoms with Gasteiger partial charge in [-0.1, -0.05) is 18.7 Å². The molecular formula is C7H19Br2N3S. The van der Waals surface area contributed by atoms with E-state index in [0.717, 1.165) is 25.3 Å². The molecule has 0 unspecified atom stereocenters. The number of hydrogen-bond acceptors (Lipinski definition) is 3. The molecule has 0 aliphatic carbocycles. The summed E-state index contributed by atoms with van der Waals surface area (Å²) in [6.45, 7) is 4.32. The van der Waals surface area contributed by atoms with E-state index in [2.05, 4.69) is 18.9 Å². The van der Waals surface area contributed by atoms with Crippen LogP contribution in [-0.4, -0.2) is 36.0 Å². The number of hydrogen-bond donors (Lipinski definition) is 2. The fourth-order valence-electron chi connectivity index (χ4n) is 0.675. The normalized spacial score (nSPS) is 8.85. The van der Waals surface area contributed by atoms with Crippen molar-refractivity contribution in [3.05, 3.63) is 0 Å². The van der Waals surface area contributed by atoms with Gasteiger partial charge in [0.2, 0.25) is 0 Å². The van der Waals surface area contributed by atoms with E-state index in [0.29, 0.717) is 0 Å². The van der Waals surface area contributed by atoms with Gasteiger partial charge in [0, 0.05) is 5.75 Å². The van der Waals surface area contributed by atoms with Crippen LogP contribution in [0.3, 0.4) is 0 Å². The Bertz CT molecular complexity index is 124. The van der Waals surface area contributed by atoms with Gasteiger partial charge in [-0.2, -0.15) is 0 Å². The number of amidine groups is 1. The average molecular weight is 337 g/mol. The Morgan fingerprint density at radius 2 is 2.00 bits per heavy atom. The smallest absolute Gasteiger partial charge is 0.151 e. The third-order valence-corrected chi connectivity index (χ3v) is 2.29. The van der Waals surface area contributed by atoms with Crippen molar-refractivity contribution in [2.75, 3.05) is 25.9 Å². The maximum atomic E-state index is 6.95. The van der Waals surface area contributed by atoms with Crippen molar-refractivity contribution in [2.45, 2.75) is 13.3 Å². The molecular weight excluding hydrogens is 318 g/mol. The SMILES string of the molecule is Br.Br.CCN(C)CCCSC(=N)N. The van der Waals surface area contributed by atoms with Gasteiger partial charge in [-0.25, -0.2) is 0 Å². The number of nitrogens with zero attached hydrogens (tertiary/aromatic N) is 1. The molecule has 0 spiro atoms. The van der Waals surface area contributed by atoms with E-state index in [1.54, 1.807) is 0 Å². The third kappa shape index (κ3) is 15.5. The molecule has 0 aliphatic heterocycles. The van der Waals surface area contributed by atoms with E-state index < -0.39 is 0 Å². The fourth-order valence-corrected chi connectivity index (χ4v) is 1.17. The van der Waals surface area contributed by atoms with Gasteiger partial charge in [0.25, 0.3) is 0 Å². The molecule has 0 bridgehead atoms. The first-order valence-corrected chi connectivity index (χ1v) is 4.80. The third-order valence-electron chi connectivity index (χ3n) is 1.48. The second kappa shape index (κ2) is 12.7. The molecule has 0 aromatic heterocycles. The van der Waals surface area contributed by atoms with Crippen LogP contribution in [0.5, 0.6) is 0 Å². The maximum absolute atomic E-state index is 6.95. The molecule has 0 saturated carbocycles. The topological polar surface area (TPSA) is 53.1 Å². The second-order valence-electron chi connectivity index (χ2n) is 2.46. The van der Waals surface area contributed by atoms with E-state index in [-0.39, 0.29) is 39.1 Å². The van der Waals surface area contributed by atoms with Gasteiger partial charge in [0.1, 0.15) is 0 Å². The first kappa shape index (κ1) is 19.3. The Morgan fingerprint density at radius 1 is 1.46 bits per heavy atom. The molecule has 6 heteroatoms. The van der Waals surface area contributed by atoms with E-state index in [4.69, 9.17) is 11.1 Å². The minimum absolute atomic E-state index is 0. The molecule has 0 saturated heterocycles. The van der Waals surface area contributed by atoms with Crippen molar-refractivity contribution in [2.24, 2.45) is 5.73 Å². The summed E-state index contributed by atoms with van der Waals surface area (Å²) in [4.78, 5) is 2.25. The highest BCUT2D eigenvalue weighted by Crippen LogP contribution is 2.00. The lowest BCUT2D eigenvalue weighted by Gasteiger charge is -2.12. The highest BCUT2D eigenvalue weighted by molar-refractivity contribution is 8.93. The van der Waals surface area contributed by atoms with E-state index in [1.165, 1.54) is 11.8 Å². The van der Waals surface area contributed by atoms with Gasteiger partial charge in [0.05, 0.1) is 0 Å². The summed E-state index contributed by atoms with van der Waals surface area (Å²) < 4.78 is 0. The van der Waals surface area contributed by atoms with Gasteiger partial charge in [-0.05, 0) is 26.6 Å². The molecule has 0 rings (SSSR count). The molecule has 0 aromatic carbocycles. The summed E-state index contributed by atoms with van der Waals surface area (Å²) in [5.41, 5.74) is 5.17. The number of nitrogens with one attached hydrogen (secondary N) is 1. The zero-order chi connectivity index (χ0) is 8.69. The van der Waals surface area contributed by atoms with E-state index >= 15 is 0 Å². The highest BCUT2D eigenvalue weighted by atomic mass is 79.9. The molecule has 3 N–H and O–H groups in total. The van der Waals surface area contributed by atoms with Gasteiger partial charge < -0.3 is 10.6 Å². The Morgan fingerprint density at radius 3 is 2.38 bits per heavy atom. The molecule has 0 fully saturated rings. The minimum atomic E-state index is 0. The summed E-state index contributed by atoms with van der Waals surface area (Å²) in [7, 11) is 2.10. The first-order valence-electron chi connectivity index (χ1n) is 3.82. The molecule has 13 heavy (non-hydrogen) atoms. The summed E-state index contributed by atoms with van der Waals surface area (Å²) in [6, 6.07) is 0. The molecule has 0 aliphatic rings. The van der Waals surface area contributed by atoms with Crippen LogP contribution in [0.2, 0.25) is 0 Å². The summed E-state index contributed by atoms with van der Waals surface area (Å²) >= 11 is 1.42. The van der Waals surface area contributed by atoms with Crippen LogP contribution in [0.4, 0.5) is 0 Å². The maximum Gasteiger partial charge on any atom is 0.151 e. The summed E-state index contributed by atoms with van der Waals surface area (Å²) in [5.74, 6) is 0.958. The van der Waals surface area contributed by atoms with Crippen molar-refractivity contribution in [1.29, 1.82) is 5.41 Å². The molecule has 0 atom stereocenters. The lowest BCUT2D eigenvalue weighted by molar-refractivity contribution is 0.355. The van der Waals surface area contributed by atoms with E-state index in [1.807, 2.05) is 0 Å². The largest absolute Gasteiger partial charge is 0.379 e. The van der Waals surface area contributed by atoms with Crippen LogP contribution in [-0.2, 0) is 0 Å². The van der Waals surface area contributed by atoms with Crippen LogP contribution in [0.25, 0.3) is 0 Å². The van der Waals surface area contributed by atoms with Crippen LogP contribution < -0.4 is 5.73 Å². The predicted molar refractivity (Wildman–Crippen MR) is 72.8 cm³/mol. The lowest BCUT2D eigenvalue weighted by atomic mass is 10.4. The number of nitrogens with two attached hydrogens (primary N) is 1. The second-order valence-corrected chi connectivity index (χ2v) is 3.60. The van der Waals surface area contributed by atoms with Crippen LogP contribution in [0.1, 0.15) is 13.3 Å². The van der Waals surface area contributed by atoms with Gasteiger partial charge in [0.15, 0.2) is 5.17 Å². The molecule has 3 nitrogen and oxygen atoms in total. The number of rotatable bonds is 5. The Hall–Kier alpha value is 0.740.